The van der Waals surface area contributed by atoms with Crippen molar-refractivity contribution < 1.29 is 9.21 Å². The van der Waals surface area contributed by atoms with Crippen molar-refractivity contribution in [2.75, 3.05) is 0 Å². The number of fused-ring (bicyclic) bond motifs is 1. The van der Waals surface area contributed by atoms with Gasteiger partial charge in [-0.05, 0) is 25.1 Å². The number of nitrogens with zero attached hydrogens (tertiary/aromatic N) is 3. The zero-order valence-electron chi connectivity index (χ0n) is 12.7. The number of aryl methyl sites for hydroxylation is 1. The Bertz CT molecular complexity index is 1050. The van der Waals surface area contributed by atoms with Crippen LogP contribution in [0.3, 0.4) is 0 Å². The molecule has 6 nitrogen and oxygen atoms in total. The van der Waals surface area contributed by atoms with E-state index in [0.717, 1.165) is 26.5 Å². The third-order valence-corrected chi connectivity index (χ3v) is 4.84. The van der Waals surface area contributed by atoms with Crippen LogP contribution in [0.15, 0.2) is 47.3 Å². The molecule has 4 aromatic heterocycles. The molecule has 0 spiro atoms. The molecule has 0 bridgehead atoms. The molecule has 7 heteroatoms. The van der Waals surface area contributed by atoms with Crippen LogP contribution < -0.4 is 5.73 Å². The summed E-state index contributed by atoms with van der Waals surface area (Å²) < 4.78 is 5.43. The van der Waals surface area contributed by atoms with Crippen molar-refractivity contribution in [3.63, 3.8) is 0 Å². The van der Waals surface area contributed by atoms with Crippen LogP contribution in [-0.2, 0) is 0 Å². The SMILES string of the molecule is Cc1nc(-c2cccnc2)sc1-c1nc(C(N)=O)cc2occc12. The molecule has 24 heavy (non-hydrogen) atoms. The van der Waals surface area contributed by atoms with E-state index in [1.807, 2.05) is 25.1 Å². The van der Waals surface area contributed by atoms with E-state index in [-0.39, 0.29) is 5.69 Å². The minimum absolute atomic E-state index is 0.170. The van der Waals surface area contributed by atoms with Gasteiger partial charge in [0.15, 0.2) is 0 Å². The highest BCUT2D eigenvalue weighted by Gasteiger charge is 2.18. The predicted molar refractivity (Wildman–Crippen MR) is 91.6 cm³/mol. The monoisotopic (exact) mass is 336 g/mol. The zero-order valence-corrected chi connectivity index (χ0v) is 13.5. The number of aromatic nitrogens is 3. The van der Waals surface area contributed by atoms with E-state index in [4.69, 9.17) is 10.2 Å². The van der Waals surface area contributed by atoms with Crippen LogP contribution in [0.25, 0.3) is 32.1 Å². The fourth-order valence-electron chi connectivity index (χ4n) is 2.49. The second-order valence-corrected chi connectivity index (χ2v) is 6.23. The number of carbonyl (C=O) groups excluding carboxylic acids is 1. The number of primary amides is 1. The number of nitrogens with two attached hydrogens (primary N) is 1. The third-order valence-electron chi connectivity index (χ3n) is 3.62. The Morgan fingerprint density at radius 2 is 2.17 bits per heavy atom. The predicted octanol–water partition coefficient (Wildman–Crippen LogP) is 3.42. The van der Waals surface area contributed by atoms with Crippen LogP contribution in [0.1, 0.15) is 16.2 Å². The van der Waals surface area contributed by atoms with E-state index < -0.39 is 5.91 Å². The molecule has 0 aromatic carbocycles. The lowest BCUT2D eigenvalue weighted by Gasteiger charge is -2.03. The maximum Gasteiger partial charge on any atom is 0.267 e. The molecule has 0 aliphatic carbocycles. The molecule has 0 unspecified atom stereocenters. The van der Waals surface area contributed by atoms with Crippen LogP contribution in [0.5, 0.6) is 0 Å². The highest BCUT2D eigenvalue weighted by Crippen LogP contribution is 2.37. The summed E-state index contributed by atoms with van der Waals surface area (Å²) in [5.41, 5.74) is 8.55. The number of pyridine rings is 2. The van der Waals surface area contributed by atoms with Gasteiger partial charge in [-0.3, -0.25) is 9.78 Å². The molecule has 0 saturated carbocycles. The van der Waals surface area contributed by atoms with E-state index in [1.165, 1.54) is 11.3 Å². The minimum Gasteiger partial charge on any atom is -0.464 e. The lowest BCUT2D eigenvalue weighted by Crippen LogP contribution is -2.13. The molecule has 118 valence electrons. The molecule has 0 aliphatic heterocycles. The second kappa shape index (κ2) is 5.54. The maximum atomic E-state index is 11.6. The molecule has 0 atom stereocenters. The van der Waals surface area contributed by atoms with E-state index in [1.54, 1.807) is 24.7 Å². The number of hydrogen-bond acceptors (Lipinski definition) is 6. The van der Waals surface area contributed by atoms with Crippen molar-refractivity contribution in [3.05, 3.63) is 54.3 Å². The first-order valence-corrected chi connectivity index (χ1v) is 8.01. The lowest BCUT2D eigenvalue weighted by molar-refractivity contribution is 0.0995. The highest BCUT2D eigenvalue weighted by atomic mass is 32.1. The number of furan rings is 1. The molecule has 0 fully saturated rings. The van der Waals surface area contributed by atoms with Crippen molar-refractivity contribution in [2.45, 2.75) is 6.92 Å². The Morgan fingerprint density at radius 1 is 1.29 bits per heavy atom. The molecular formula is C17H12N4O2S. The molecular weight excluding hydrogens is 324 g/mol. The van der Waals surface area contributed by atoms with Gasteiger partial charge in [-0.25, -0.2) is 9.97 Å². The quantitative estimate of drug-likeness (QED) is 0.618. The van der Waals surface area contributed by atoms with Crippen molar-refractivity contribution in [3.8, 4) is 21.1 Å². The summed E-state index contributed by atoms with van der Waals surface area (Å²) in [4.78, 5) is 25.6. The van der Waals surface area contributed by atoms with Gasteiger partial charge in [0.25, 0.3) is 5.91 Å². The summed E-state index contributed by atoms with van der Waals surface area (Å²) in [6.45, 7) is 1.91. The van der Waals surface area contributed by atoms with Crippen LogP contribution in [0, 0.1) is 6.92 Å². The van der Waals surface area contributed by atoms with Gasteiger partial charge in [0.2, 0.25) is 0 Å². The molecule has 0 aliphatic rings. The Labute approximate surface area is 141 Å². The zero-order chi connectivity index (χ0) is 16.7. The van der Waals surface area contributed by atoms with E-state index >= 15 is 0 Å². The number of amides is 1. The standard InChI is InChI=1S/C17H12N4O2S/c1-9-15(24-17(20-9)10-3-2-5-19-8-10)14-11-4-6-23-13(11)7-12(21-14)16(18)22/h2-8H,1H3,(H2,18,22). The number of carbonyl (C=O) groups is 1. The summed E-state index contributed by atoms with van der Waals surface area (Å²) in [6, 6.07) is 7.20. The van der Waals surface area contributed by atoms with Crippen LogP contribution in [0.4, 0.5) is 0 Å². The summed E-state index contributed by atoms with van der Waals surface area (Å²) in [5.74, 6) is -0.593. The second-order valence-electron chi connectivity index (χ2n) is 5.23. The summed E-state index contributed by atoms with van der Waals surface area (Å²) in [5, 5.41) is 1.67. The fourth-order valence-corrected chi connectivity index (χ4v) is 3.55. The Morgan fingerprint density at radius 3 is 2.92 bits per heavy atom. The molecule has 1 amide bonds. The molecule has 4 rings (SSSR count). The Kier molecular flexibility index (Phi) is 3.35. The first kappa shape index (κ1) is 14.5. The Balaban J connectivity index is 1.93. The van der Waals surface area contributed by atoms with Gasteiger partial charge in [0, 0.05) is 29.4 Å². The summed E-state index contributed by atoms with van der Waals surface area (Å²) in [7, 11) is 0. The van der Waals surface area contributed by atoms with Crippen molar-refractivity contribution in [1.29, 1.82) is 0 Å². The topological polar surface area (TPSA) is 94.9 Å². The van der Waals surface area contributed by atoms with Gasteiger partial charge in [-0.15, -0.1) is 11.3 Å². The first-order chi connectivity index (χ1) is 11.6. The van der Waals surface area contributed by atoms with E-state index in [2.05, 4.69) is 15.0 Å². The normalized spacial score (nSPS) is 11.0. The largest absolute Gasteiger partial charge is 0.464 e. The van der Waals surface area contributed by atoms with Gasteiger partial charge in [0.1, 0.15) is 16.3 Å². The van der Waals surface area contributed by atoms with Crippen LogP contribution >= 0.6 is 11.3 Å². The van der Waals surface area contributed by atoms with Crippen LogP contribution in [0.2, 0.25) is 0 Å². The highest BCUT2D eigenvalue weighted by molar-refractivity contribution is 7.18. The van der Waals surface area contributed by atoms with Gasteiger partial charge >= 0.3 is 0 Å². The van der Waals surface area contributed by atoms with Gasteiger partial charge in [-0.1, -0.05) is 0 Å². The number of hydrogen-bond donors (Lipinski definition) is 1. The van der Waals surface area contributed by atoms with Gasteiger partial charge in [-0.2, -0.15) is 0 Å². The van der Waals surface area contributed by atoms with E-state index in [9.17, 15) is 4.79 Å². The molecule has 0 radical (unpaired) electrons. The lowest BCUT2D eigenvalue weighted by atomic mass is 10.1. The molecule has 4 heterocycles. The third kappa shape index (κ3) is 2.35. The molecule has 0 saturated heterocycles. The smallest absolute Gasteiger partial charge is 0.267 e. The average Bonchev–Trinajstić information content (AvgIpc) is 3.21. The van der Waals surface area contributed by atoms with Crippen LogP contribution in [-0.4, -0.2) is 20.9 Å². The maximum absolute atomic E-state index is 11.6. The first-order valence-electron chi connectivity index (χ1n) is 7.20. The number of rotatable bonds is 3. The van der Waals surface area contributed by atoms with Gasteiger partial charge < -0.3 is 10.2 Å². The Hall–Kier alpha value is -3.06. The number of thiazole rings is 1. The summed E-state index contributed by atoms with van der Waals surface area (Å²) >= 11 is 1.50. The van der Waals surface area contributed by atoms with Crippen molar-refractivity contribution >= 4 is 28.2 Å². The minimum atomic E-state index is -0.593. The van der Waals surface area contributed by atoms with Crippen molar-refractivity contribution in [1.82, 2.24) is 15.0 Å². The van der Waals surface area contributed by atoms with Gasteiger partial charge in [0.05, 0.1) is 22.5 Å². The molecule has 4 aromatic rings. The summed E-state index contributed by atoms with van der Waals surface area (Å²) in [6.07, 6.45) is 5.06. The van der Waals surface area contributed by atoms with Crippen molar-refractivity contribution in [2.24, 2.45) is 5.73 Å². The molecule has 2 N–H and O–H groups in total. The fraction of sp³-hybridized carbons (Fsp3) is 0.0588. The average molecular weight is 336 g/mol. The van der Waals surface area contributed by atoms with E-state index in [0.29, 0.717) is 11.3 Å².